The van der Waals surface area contributed by atoms with Crippen molar-refractivity contribution in [3.05, 3.63) is 53.1 Å². The summed E-state index contributed by atoms with van der Waals surface area (Å²) in [6, 6.07) is 9.99. The van der Waals surface area contributed by atoms with Crippen LogP contribution >= 0.6 is 0 Å². The first-order chi connectivity index (χ1) is 12.8. The third-order valence-corrected chi connectivity index (χ3v) is 4.54. The van der Waals surface area contributed by atoms with Gasteiger partial charge in [0, 0.05) is 6.07 Å². The van der Waals surface area contributed by atoms with E-state index in [9.17, 15) is 20.4 Å². The highest BCUT2D eigenvalue weighted by molar-refractivity contribution is 5.68. The van der Waals surface area contributed by atoms with Crippen molar-refractivity contribution in [2.24, 2.45) is 0 Å². The molecule has 0 saturated heterocycles. The number of hydrogen-bond donors (Lipinski definition) is 4. The zero-order valence-corrected chi connectivity index (χ0v) is 15.5. The van der Waals surface area contributed by atoms with Crippen molar-refractivity contribution < 1.29 is 20.4 Å². The quantitative estimate of drug-likeness (QED) is 0.549. The number of nitrogens with zero attached hydrogens (tertiary/aromatic N) is 3. The number of aromatic hydroxyl groups is 3. The fourth-order valence-electron chi connectivity index (χ4n) is 2.96. The molecular formula is C20H23N3O4. The third-order valence-electron chi connectivity index (χ3n) is 4.54. The zero-order chi connectivity index (χ0) is 19.7. The fourth-order valence-corrected chi connectivity index (χ4v) is 2.96. The lowest BCUT2D eigenvalue weighted by molar-refractivity contribution is 0.199. The van der Waals surface area contributed by atoms with Crippen LogP contribution in [0.2, 0.25) is 0 Å². The van der Waals surface area contributed by atoms with Gasteiger partial charge in [-0.1, -0.05) is 43.2 Å². The molecule has 0 radical (unpaired) electrons. The maximum atomic E-state index is 10.3. The van der Waals surface area contributed by atoms with E-state index in [2.05, 4.69) is 10.2 Å². The van der Waals surface area contributed by atoms with Crippen LogP contribution in [0.1, 0.15) is 49.5 Å². The van der Waals surface area contributed by atoms with Crippen molar-refractivity contribution in [3.8, 4) is 28.9 Å². The van der Waals surface area contributed by atoms with E-state index in [1.807, 2.05) is 38.1 Å². The van der Waals surface area contributed by atoms with Crippen molar-refractivity contribution in [2.45, 2.75) is 39.3 Å². The van der Waals surface area contributed by atoms with Gasteiger partial charge in [-0.05, 0) is 35.6 Å². The van der Waals surface area contributed by atoms with Gasteiger partial charge in [-0.15, -0.1) is 5.10 Å². The molecule has 0 spiro atoms. The highest BCUT2D eigenvalue weighted by atomic mass is 16.3. The molecule has 1 heterocycles. The highest BCUT2D eigenvalue weighted by Crippen LogP contribution is 2.38. The number of phenols is 2. The molecule has 0 aliphatic heterocycles. The topological polar surface area (TPSA) is 112 Å². The summed E-state index contributed by atoms with van der Waals surface area (Å²) in [4.78, 5) is 0. The Morgan fingerprint density at radius 1 is 0.926 bits per heavy atom. The normalized spacial score (nSPS) is 12.5. The first kappa shape index (κ1) is 18.7. The molecule has 0 fully saturated rings. The summed E-state index contributed by atoms with van der Waals surface area (Å²) in [7, 11) is 0. The van der Waals surface area contributed by atoms with Crippen LogP contribution in [0.4, 0.5) is 0 Å². The van der Waals surface area contributed by atoms with Crippen LogP contribution < -0.4 is 0 Å². The second-order valence-electron chi connectivity index (χ2n) is 6.91. The molecule has 0 amide bonds. The molecule has 3 rings (SSSR count). The summed E-state index contributed by atoms with van der Waals surface area (Å²) >= 11 is 0. The number of aliphatic hydroxyl groups excluding tert-OH is 1. The Bertz CT molecular complexity index is 947. The first-order valence-corrected chi connectivity index (χ1v) is 8.73. The Morgan fingerprint density at radius 2 is 1.59 bits per heavy atom. The monoisotopic (exact) mass is 369 g/mol. The van der Waals surface area contributed by atoms with Crippen molar-refractivity contribution in [2.75, 3.05) is 0 Å². The molecule has 1 atom stereocenters. The lowest BCUT2D eigenvalue weighted by atomic mass is 9.98. The Hall–Kier alpha value is -3.06. The fraction of sp³-hybridized carbons (Fsp3) is 0.300. The number of aromatic nitrogens is 3. The minimum Gasteiger partial charge on any atom is -0.508 e. The van der Waals surface area contributed by atoms with Gasteiger partial charge in [0.25, 0.3) is 0 Å². The van der Waals surface area contributed by atoms with Crippen molar-refractivity contribution in [1.29, 1.82) is 0 Å². The molecule has 1 unspecified atom stereocenters. The van der Waals surface area contributed by atoms with E-state index in [1.165, 1.54) is 10.6 Å². The summed E-state index contributed by atoms with van der Waals surface area (Å²) in [5, 5.41) is 47.8. The van der Waals surface area contributed by atoms with Crippen LogP contribution in [0.5, 0.6) is 17.5 Å². The molecular weight excluding hydrogens is 346 g/mol. The van der Waals surface area contributed by atoms with Gasteiger partial charge in [-0.3, -0.25) is 4.57 Å². The number of rotatable bonds is 5. The van der Waals surface area contributed by atoms with Crippen molar-refractivity contribution in [1.82, 2.24) is 14.8 Å². The Kier molecular flexibility index (Phi) is 5.05. The van der Waals surface area contributed by atoms with E-state index in [0.29, 0.717) is 17.0 Å². The van der Waals surface area contributed by atoms with Gasteiger partial charge in [0.05, 0.1) is 18.2 Å². The van der Waals surface area contributed by atoms with Gasteiger partial charge in [-0.25, -0.2) is 0 Å². The Balaban J connectivity index is 2.01. The lowest BCUT2D eigenvalue weighted by Crippen LogP contribution is -2.03. The first-order valence-electron chi connectivity index (χ1n) is 8.73. The van der Waals surface area contributed by atoms with Gasteiger partial charge in [0.1, 0.15) is 11.5 Å². The van der Waals surface area contributed by atoms with Gasteiger partial charge in [0.15, 0.2) is 5.82 Å². The van der Waals surface area contributed by atoms with E-state index in [4.69, 9.17) is 0 Å². The summed E-state index contributed by atoms with van der Waals surface area (Å²) in [5.74, 6) is 0.207. The molecule has 0 bridgehead atoms. The molecule has 0 aliphatic carbocycles. The molecule has 7 heteroatoms. The van der Waals surface area contributed by atoms with E-state index >= 15 is 0 Å². The maximum absolute atomic E-state index is 10.3. The van der Waals surface area contributed by atoms with Crippen LogP contribution in [0.3, 0.4) is 0 Å². The molecule has 0 aliphatic rings. The molecule has 2 aromatic carbocycles. The predicted octanol–water partition coefficient (Wildman–Crippen LogP) is 3.29. The molecule has 7 nitrogen and oxygen atoms in total. The van der Waals surface area contributed by atoms with Crippen LogP contribution in [0, 0.1) is 0 Å². The van der Waals surface area contributed by atoms with Crippen LogP contribution in [0.15, 0.2) is 36.4 Å². The van der Waals surface area contributed by atoms with Crippen molar-refractivity contribution in [3.63, 3.8) is 0 Å². The van der Waals surface area contributed by atoms with E-state index in [0.717, 1.165) is 11.1 Å². The van der Waals surface area contributed by atoms with Gasteiger partial charge >= 0.3 is 6.01 Å². The van der Waals surface area contributed by atoms with Crippen LogP contribution in [0.25, 0.3) is 11.4 Å². The van der Waals surface area contributed by atoms with Crippen LogP contribution in [-0.4, -0.2) is 35.2 Å². The van der Waals surface area contributed by atoms with E-state index in [-0.39, 0.29) is 30.0 Å². The largest absolute Gasteiger partial charge is 0.508 e. The Labute approximate surface area is 157 Å². The van der Waals surface area contributed by atoms with Crippen molar-refractivity contribution >= 4 is 0 Å². The number of benzene rings is 2. The summed E-state index contributed by atoms with van der Waals surface area (Å²) < 4.78 is 1.48. The molecule has 142 valence electrons. The van der Waals surface area contributed by atoms with E-state index < -0.39 is 6.10 Å². The second-order valence-corrected chi connectivity index (χ2v) is 6.91. The summed E-state index contributed by atoms with van der Waals surface area (Å²) in [6.45, 7) is 5.84. The van der Waals surface area contributed by atoms with Crippen LogP contribution in [-0.2, 0) is 6.54 Å². The average Bonchev–Trinajstić information content (AvgIpc) is 2.96. The van der Waals surface area contributed by atoms with E-state index in [1.54, 1.807) is 13.0 Å². The minimum atomic E-state index is -0.554. The SMILES string of the molecule is CC(C)c1cc(-c2nnc(O)n2Cc2ccc(C(C)O)cc2)c(O)cc1O. The highest BCUT2D eigenvalue weighted by Gasteiger charge is 2.20. The molecule has 0 saturated carbocycles. The average molecular weight is 369 g/mol. The van der Waals surface area contributed by atoms with Gasteiger partial charge in [-0.2, -0.15) is 0 Å². The second kappa shape index (κ2) is 7.28. The van der Waals surface area contributed by atoms with Gasteiger partial charge < -0.3 is 20.4 Å². The zero-order valence-electron chi connectivity index (χ0n) is 15.5. The molecule has 27 heavy (non-hydrogen) atoms. The third kappa shape index (κ3) is 3.73. The number of aliphatic hydroxyl groups is 1. The molecule has 1 aromatic heterocycles. The molecule has 4 N–H and O–H groups in total. The maximum Gasteiger partial charge on any atom is 0.315 e. The predicted molar refractivity (Wildman–Crippen MR) is 101 cm³/mol. The lowest BCUT2D eigenvalue weighted by Gasteiger charge is -2.14. The number of phenolic OH excluding ortho intramolecular Hbond substituents is 2. The number of hydrogen-bond acceptors (Lipinski definition) is 6. The summed E-state index contributed by atoms with van der Waals surface area (Å²) in [6.07, 6.45) is -0.554. The van der Waals surface area contributed by atoms with Gasteiger partial charge in [0.2, 0.25) is 0 Å². The summed E-state index contributed by atoms with van der Waals surface area (Å²) in [5.41, 5.74) is 2.71. The Morgan fingerprint density at radius 3 is 2.19 bits per heavy atom. The standard InChI is InChI=1S/C20H23N3O4/c1-11(2)15-8-16(18(26)9-17(15)25)19-21-22-20(27)23(19)10-13-4-6-14(7-5-13)12(3)24/h4-9,11-12,24-26H,10H2,1-3H3,(H,22,27). The molecule has 3 aromatic rings. The minimum absolute atomic E-state index is 0.00949. The smallest absolute Gasteiger partial charge is 0.315 e.